The zero-order valence-electron chi connectivity index (χ0n) is 16.4. The number of aliphatic carboxylic acids is 1. The molecule has 158 valence electrons. The molecule has 7 nitrogen and oxygen atoms in total. The van der Waals surface area contributed by atoms with Gasteiger partial charge in [0.2, 0.25) is 5.75 Å². The van der Waals surface area contributed by atoms with Crippen LogP contribution in [0.15, 0.2) is 65.1 Å². The Labute approximate surface area is 186 Å². The largest absolute Gasteiger partial charge is 0.480 e. The van der Waals surface area contributed by atoms with Crippen LogP contribution in [0.3, 0.4) is 0 Å². The lowest BCUT2D eigenvalue weighted by atomic mass is 9.78. The SMILES string of the molecule is NC1(C(=O)O)CCc2ccc(Oc3c(-c4ccccc4Br)cccc3[N+](=O)[O-])cc2C1. The van der Waals surface area contributed by atoms with Gasteiger partial charge < -0.3 is 15.6 Å². The molecule has 3 aromatic carbocycles. The maximum absolute atomic E-state index is 11.7. The van der Waals surface area contributed by atoms with Gasteiger partial charge in [0.25, 0.3) is 0 Å². The highest BCUT2D eigenvalue weighted by Gasteiger charge is 2.37. The van der Waals surface area contributed by atoms with Crippen LogP contribution in [0.4, 0.5) is 5.69 Å². The molecule has 4 rings (SSSR count). The molecule has 0 aliphatic heterocycles. The van der Waals surface area contributed by atoms with Gasteiger partial charge in [-0.25, -0.2) is 0 Å². The molecule has 3 N–H and O–H groups in total. The van der Waals surface area contributed by atoms with Gasteiger partial charge >= 0.3 is 11.7 Å². The first-order chi connectivity index (χ1) is 14.8. The first kappa shape index (κ1) is 21.0. The molecule has 0 saturated carbocycles. The number of hydrogen-bond donors (Lipinski definition) is 2. The summed E-state index contributed by atoms with van der Waals surface area (Å²) in [5.74, 6) is -0.539. The molecule has 31 heavy (non-hydrogen) atoms. The number of rotatable bonds is 5. The van der Waals surface area contributed by atoms with E-state index in [4.69, 9.17) is 10.5 Å². The summed E-state index contributed by atoms with van der Waals surface area (Å²) in [4.78, 5) is 22.8. The molecular formula is C23H19BrN2O5. The Kier molecular flexibility index (Phi) is 5.51. The smallest absolute Gasteiger partial charge is 0.324 e. The number of ether oxygens (including phenoxy) is 1. The maximum atomic E-state index is 11.7. The van der Waals surface area contributed by atoms with Crippen molar-refractivity contribution in [1.82, 2.24) is 0 Å². The van der Waals surface area contributed by atoms with E-state index in [1.165, 1.54) is 6.07 Å². The quantitative estimate of drug-likeness (QED) is 0.386. The normalized spacial score (nSPS) is 17.6. The summed E-state index contributed by atoms with van der Waals surface area (Å²) in [7, 11) is 0. The minimum absolute atomic E-state index is 0.118. The highest BCUT2D eigenvalue weighted by molar-refractivity contribution is 9.10. The van der Waals surface area contributed by atoms with Gasteiger partial charge in [-0.1, -0.05) is 52.3 Å². The predicted molar refractivity (Wildman–Crippen MR) is 119 cm³/mol. The van der Waals surface area contributed by atoms with Crippen molar-refractivity contribution in [1.29, 1.82) is 0 Å². The average molecular weight is 483 g/mol. The molecule has 0 amide bonds. The summed E-state index contributed by atoms with van der Waals surface area (Å²) < 4.78 is 6.83. The number of nitrogens with zero attached hydrogens (tertiary/aromatic N) is 1. The molecule has 0 saturated heterocycles. The third kappa shape index (κ3) is 4.04. The summed E-state index contributed by atoms with van der Waals surface area (Å²) in [5, 5.41) is 21.2. The Morgan fingerprint density at radius 3 is 2.55 bits per heavy atom. The second kappa shape index (κ2) is 8.13. The van der Waals surface area contributed by atoms with E-state index in [9.17, 15) is 20.0 Å². The fourth-order valence-electron chi connectivity index (χ4n) is 3.83. The number of carboxylic acid groups (broad SMARTS) is 1. The second-order valence-electron chi connectivity index (χ2n) is 7.56. The molecule has 1 unspecified atom stereocenters. The van der Waals surface area contributed by atoms with Crippen LogP contribution < -0.4 is 10.5 Å². The number of benzene rings is 3. The van der Waals surface area contributed by atoms with Gasteiger partial charge in [0.05, 0.1) is 4.92 Å². The summed E-state index contributed by atoms with van der Waals surface area (Å²) in [6.45, 7) is 0. The second-order valence-corrected chi connectivity index (χ2v) is 8.42. The number of nitrogens with two attached hydrogens (primary N) is 1. The van der Waals surface area contributed by atoms with Crippen LogP contribution in [-0.2, 0) is 17.6 Å². The molecule has 1 aliphatic carbocycles. The molecule has 0 heterocycles. The molecule has 3 aromatic rings. The molecule has 1 aliphatic rings. The number of hydrogen-bond acceptors (Lipinski definition) is 5. The monoisotopic (exact) mass is 482 g/mol. The highest BCUT2D eigenvalue weighted by atomic mass is 79.9. The third-order valence-corrected chi connectivity index (χ3v) is 6.22. The fourth-order valence-corrected chi connectivity index (χ4v) is 4.33. The van der Waals surface area contributed by atoms with Gasteiger partial charge in [-0.2, -0.15) is 0 Å². The molecule has 0 aromatic heterocycles. The van der Waals surface area contributed by atoms with Crippen LogP contribution in [0.25, 0.3) is 11.1 Å². The Balaban J connectivity index is 1.78. The van der Waals surface area contributed by atoms with Crippen LogP contribution in [0.5, 0.6) is 11.5 Å². The topological polar surface area (TPSA) is 116 Å². The van der Waals surface area contributed by atoms with Crippen molar-refractivity contribution in [3.63, 3.8) is 0 Å². The van der Waals surface area contributed by atoms with E-state index in [0.717, 1.165) is 21.2 Å². The average Bonchev–Trinajstić information content (AvgIpc) is 2.74. The number of carboxylic acids is 1. The van der Waals surface area contributed by atoms with Gasteiger partial charge in [-0.15, -0.1) is 0 Å². The van der Waals surface area contributed by atoms with Crippen molar-refractivity contribution in [2.45, 2.75) is 24.8 Å². The van der Waals surface area contributed by atoms with E-state index in [0.29, 0.717) is 24.2 Å². The molecule has 0 radical (unpaired) electrons. The lowest BCUT2D eigenvalue weighted by Crippen LogP contribution is -2.52. The summed E-state index contributed by atoms with van der Waals surface area (Å²) in [5.41, 5.74) is 7.67. The summed E-state index contributed by atoms with van der Waals surface area (Å²) in [6, 6.07) is 17.5. The first-order valence-electron chi connectivity index (χ1n) is 9.63. The molecule has 0 spiro atoms. The zero-order valence-corrected chi connectivity index (χ0v) is 18.0. The highest BCUT2D eigenvalue weighted by Crippen LogP contribution is 2.43. The zero-order chi connectivity index (χ0) is 22.2. The predicted octanol–water partition coefficient (Wildman–Crippen LogP) is 5.09. The van der Waals surface area contributed by atoms with Gasteiger partial charge in [-0.3, -0.25) is 14.9 Å². The van der Waals surface area contributed by atoms with E-state index in [1.807, 2.05) is 30.3 Å². The van der Waals surface area contributed by atoms with Gasteiger partial charge in [0.1, 0.15) is 11.3 Å². The summed E-state index contributed by atoms with van der Waals surface area (Å²) >= 11 is 3.49. The number of fused-ring (bicyclic) bond motifs is 1. The number of aryl methyl sites for hydroxylation is 1. The van der Waals surface area contributed by atoms with Crippen molar-refractivity contribution in [2.75, 3.05) is 0 Å². The molecule has 1 atom stereocenters. The van der Waals surface area contributed by atoms with Crippen LogP contribution in [0.2, 0.25) is 0 Å². The van der Waals surface area contributed by atoms with Crippen molar-refractivity contribution >= 4 is 27.6 Å². The first-order valence-corrected chi connectivity index (χ1v) is 10.4. The Morgan fingerprint density at radius 1 is 1.10 bits per heavy atom. The Bertz CT molecular complexity index is 1200. The number of para-hydroxylation sites is 1. The van der Waals surface area contributed by atoms with E-state index >= 15 is 0 Å². The minimum Gasteiger partial charge on any atom is -0.480 e. The Hall–Kier alpha value is -3.23. The van der Waals surface area contributed by atoms with E-state index in [1.54, 1.807) is 24.3 Å². The number of carbonyl (C=O) groups is 1. The van der Waals surface area contributed by atoms with E-state index < -0.39 is 16.4 Å². The molecular weight excluding hydrogens is 464 g/mol. The van der Waals surface area contributed by atoms with Crippen molar-refractivity contribution < 1.29 is 19.6 Å². The maximum Gasteiger partial charge on any atom is 0.324 e. The van der Waals surface area contributed by atoms with Crippen LogP contribution in [0.1, 0.15) is 17.5 Å². The third-order valence-electron chi connectivity index (χ3n) is 5.52. The lowest BCUT2D eigenvalue weighted by Gasteiger charge is -2.31. The fraction of sp³-hybridized carbons (Fsp3) is 0.174. The minimum atomic E-state index is -1.33. The van der Waals surface area contributed by atoms with Gasteiger partial charge in [-0.05, 0) is 47.7 Å². The molecule has 8 heteroatoms. The number of halogens is 1. The van der Waals surface area contributed by atoms with Crippen LogP contribution in [0, 0.1) is 10.1 Å². The van der Waals surface area contributed by atoms with Crippen molar-refractivity contribution in [3.05, 3.63) is 86.4 Å². The molecule has 0 bridgehead atoms. The van der Waals surface area contributed by atoms with E-state index in [-0.39, 0.29) is 17.9 Å². The molecule has 0 fully saturated rings. The standard InChI is InChI=1S/C23H19BrN2O5/c24-19-6-2-1-4-17(19)18-5-3-7-20(26(29)30)21(18)31-16-9-8-14-10-11-23(25,22(27)28)13-15(14)12-16/h1-9,12H,10-11,13,25H2,(H,27,28). The summed E-state index contributed by atoms with van der Waals surface area (Å²) in [6.07, 6.45) is 1.07. The van der Waals surface area contributed by atoms with Gasteiger partial charge in [0, 0.05) is 22.5 Å². The number of nitro groups is 1. The lowest BCUT2D eigenvalue weighted by molar-refractivity contribution is -0.385. The van der Waals surface area contributed by atoms with Crippen LogP contribution >= 0.6 is 15.9 Å². The van der Waals surface area contributed by atoms with Crippen molar-refractivity contribution in [3.8, 4) is 22.6 Å². The van der Waals surface area contributed by atoms with Gasteiger partial charge in [0.15, 0.2) is 0 Å². The van der Waals surface area contributed by atoms with Crippen LogP contribution in [-0.4, -0.2) is 21.5 Å². The Morgan fingerprint density at radius 2 is 1.84 bits per heavy atom. The number of nitro benzene ring substituents is 1. The van der Waals surface area contributed by atoms with Crippen molar-refractivity contribution in [2.24, 2.45) is 5.73 Å². The van der Waals surface area contributed by atoms with E-state index in [2.05, 4.69) is 15.9 Å².